The third-order valence-corrected chi connectivity index (χ3v) is 2.22. The van der Waals surface area contributed by atoms with Gasteiger partial charge in [0.25, 0.3) is 0 Å². The smallest absolute Gasteiger partial charge is 0.207 e. The molecule has 0 atom stereocenters. The summed E-state index contributed by atoms with van der Waals surface area (Å²) in [6.07, 6.45) is 3.70. The van der Waals surface area contributed by atoms with E-state index in [0.29, 0.717) is 4.88 Å². The first-order valence-electron chi connectivity index (χ1n) is 3.70. The van der Waals surface area contributed by atoms with E-state index in [4.69, 9.17) is 0 Å². The van der Waals surface area contributed by atoms with Gasteiger partial charge in [-0.05, 0) is 17.6 Å². The van der Waals surface area contributed by atoms with Crippen LogP contribution < -0.4 is 0 Å². The second-order valence-corrected chi connectivity index (χ2v) is 3.29. The van der Waals surface area contributed by atoms with Crippen molar-refractivity contribution in [3.8, 4) is 0 Å². The Labute approximate surface area is 82.6 Å². The largest absolute Gasteiger partial charge is 0.288 e. The lowest BCUT2D eigenvalue weighted by atomic mass is 10.2. The SMILES string of the molecule is O=C(c1cncc(F)c1)c1cnns1. The molecule has 0 aliphatic rings. The third kappa shape index (κ3) is 1.64. The highest BCUT2D eigenvalue weighted by atomic mass is 32.1. The number of ketones is 1. The molecule has 4 nitrogen and oxygen atoms in total. The molecule has 0 bridgehead atoms. The van der Waals surface area contributed by atoms with E-state index in [2.05, 4.69) is 14.6 Å². The summed E-state index contributed by atoms with van der Waals surface area (Å²) in [5.41, 5.74) is 0.205. The molecular weight excluding hydrogens is 205 g/mol. The van der Waals surface area contributed by atoms with Crippen LogP contribution in [0.3, 0.4) is 0 Å². The van der Waals surface area contributed by atoms with Gasteiger partial charge in [-0.1, -0.05) is 4.49 Å². The molecule has 14 heavy (non-hydrogen) atoms. The van der Waals surface area contributed by atoms with E-state index in [9.17, 15) is 9.18 Å². The van der Waals surface area contributed by atoms with Gasteiger partial charge in [0.2, 0.25) is 5.78 Å². The van der Waals surface area contributed by atoms with Gasteiger partial charge in [-0.25, -0.2) is 4.39 Å². The van der Waals surface area contributed by atoms with Crippen LogP contribution in [0.5, 0.6) is 0 Å². The van der Waals surface area contributed by atoms with Crippen LogP contribution in [0.1, 0.15) is 15.2 Å². The van der Waals surface area contributed by atoms with Crippen molar-refractivity contribution >= 4 is 17.3 Å². The third-order valence-electron chi connectivity index (χ3n) is 1.55. The van der Waals surface area contributed by atoms with Gasteiger partial charge in [0, 0.05) is 11.8 Å². The van der Waals surface area contributed by atoms with Gasteiger partial charge in [-0.15, -0.1) is 5.10 Å². The number of hydrogen-bond donors (Lipinski definition) is 0. The minimum atomic E-state index is -0.534. The topological polar surface area (TPSA) is 55.7 Å². The molecule has 0 radical (unpaired) electrons. The predicted molar refractivity (Wildman–Crippen MR) is 47.5 cm³/mol. The van der Waals surface area contributed by atoms with Gasteiger partial charge in [-0.2, -0.15) is 0 Å². The molecule has 0 N–H and O–H groups in total. The zero-order valence-electron chi connectivity index (χ0n) is 6.85. The molecule has 6 heteroatoms. The molecule has 2 rings (SSSR count). The Morgan fingerprint density at radius 3 is 2.86 bits per heavy atom. The number of carbonyl (C=O) groups is 1. The standard InChI is InChI=1S/C8H4FN3OS/c9-6-1-5(2-10-3-6)8(13)7-4-11-12-14-7/h1-4H. The first-order valence-corrected chi connectivity index (χ1v) is 4.47. The summed E-state index contributed by atoms with van der Waals surface area (Å²) >= 11 is 0.971. The first-order chi connectivity index (χ1) is 6.77. The average Bonchev–Trinajstić information content (AvgIpc) is 2.69. The Morgan fingerprint density at radius 1 is 1.36 bits per heavy atom. The maximum Gasteiger partial charge on any atom is 0.207 e. The summed E-state index contributed by atoms with van der Waals surface area (Å²) in [5, 5.41) is 3.52. The van der Waals surface area contributed by atoms with Crippen LogP contribution in [0, 0.1) is 5.82 Å². The molecule has 0 aliphatic carbocycles. The molecule has 0 aromatic carbocycles. The average molecular weight is 209 g/mol. The van der Waals surface area contributed by atoms with E-state index in [0.717, 1.165) is 23.8 Å². The molecule has 2 aromatic heterocycles. The maximum atomic E-state index is 12.7. The van der Waals surface area contributed by atoms with Gasteiger partial charge < -0.3 is 0 Å². The summed E-state index contributed by atoms with van der Waals surface area (Å²) in [7, 11) is 0. The number of carbonyl (C=O) groups excluding carboxylic acids is 1. The highest BCUT2D eigenvalue weighted by Crippen LogP contribution is 2.11. The lowest BCUT2D eigenvalue weighted by Crippen LogP contribution is -1.99. The van der Waals surface area contributed by atoms with Crippen LogP contribution >= 0.6 is 11.5 Å². The minimum absolute atomic E-state index is 0.205. The summed E-state index contributed by atoms with van der Waals surface area (Å²) in [6, 6.07) is 1.13. The zero-order chi connectivity index (χ0) is 9.97. The molecule has 0 amide bonds. The molecule has 2 aromatic rings. The Bertz CT molecular complexity index is 457. The van der Waals surface area contributed by atoms with Gasteiger partial charge >= 0.3 is 0 Å². The van der Waals surface area contributed by atoms with Crippen LogP contribution in [0.4, 0.5) is 4.39 Å². The molecule has 0 saturated carbocycles. The fourth-order valence-electron chi connectivity index (χ4n) is 0.946. The van der Waals surface area contributed by atoms with Crippen molar-refractivity contribution in [2.24, 2.45) is 0 Å². The van der Waals surface area contributed by atoms with Crippen molar-refractivity contribution < 1.29 is 9.18 Å². The Balaban J connectivity index is 2.37. The van der Waals surface area contributed by atoms with Gasteiger partial charge in [0.15, 0.2) is 0 Å². The second kappa shape index (κ2) is 3.59. The van der Waals surface area contributed by atoms with Crippen LogP contribution in [-0.4, -0.2) is 20.4 Å². The summed E-state index contributed by atoms with van der Waals surface area (Å²) < 4.78 is 16.3. The molecular formula is C8H4FN3OS. The Morgan fingerprint density at radius 2 is 2.21 bits per heavy atom. The van der Waals surface area contributed by atoms with Crippen molar-refractivity contribution in [3.63, 3.8) is 0 Å². The van der Waals surface area contributed by atoms with Gasteiger partial charge in [0.05, 0.1) is 12.4 Å². The van der Waals surface area contributed by atoms with E-state index in [1.165, 1.54) is 12.4 Å². The second-order valence-electron chi connectivity index (χ2n) is 2.50. The van der Waals surface area contributed by atoms with Crippen molar-refractivity contribution in [3.05, 3.63) is 40.9 Å². The number of hydrogen-bond acceptors (Lipinski definition) is 5. The van der Waals surface area contributed by atoms with Crippen LogP contribution in [0.15, 0.2) is 24.7 Å². The fraction of sp³-hybridized carbons (Fsp3) is 0. The van der Waals surface area contributed by atoms with Gasteiger partial charge in [0.1, 0.15) is 10.7 Å². The summed E-state index contributed by atoms with van der Waals surface area (Å²) in [6.45, 7) is 0. The van der Waals surface area contributed by atoms with Crippen molar-refractivity contribution in [1.29, 1.82) is 0 Å². The Hall–Kier alpha value is -1.69. The number of rotatable bonds is 2. The fourth-order valence-corrected chi connectivity index (χ4v) is 1.42. The van der Waals surface area contributed by atoms with Crippen LogP contribution in [0.25, 0.3) is 0 Å². The molecule has 0 unspecified atom stereocenters. The first kappa shape index (κ1) is 8.89. The number of nitrogens with zero attached hydrogens (tertiary/aromatic N) is 3. The molecule has 0 spiro atoms. The highest BCUT2D eigenvalue weighted by Gasteiger charge is 2.12. The van der Waals surface area contributed by atoms with Crippen molar-refractivity contribution in [2.75, 3.05) is 0 Å². The van der Waals surface area contributed by atoms with Crippen LogP contribution in [0.2, 0.25) is 0 Å². The molecule has 0 fully saturated rings. The predicted octanol–water partition coefficient (Wildman–Crippen LogP) is 1.30. The van der Waals surface area contributed by atoms with Crippen molar-refractivity contribution in [2.45, 2.75) is 0 Å². The maximum absolute atomic E-state index is 12.7. The normalized spacial score (nSPS) is 10.1. The zero-order valence-corrected chi connectivity index (χ0v) is 7.66. The number of halogens is 1. The highest BCUT2D eigenvalue weighted by molar-refractivity contribution is 7.08. The van der Waals surface area contributed by atoms with Gasteiger partial charge in [-0.3, -0.25) is 9.78 Å². The minimum Gasteiger partial charge on any atom is -0.288 e. The van der Waals surface area contributed by atoms with Crippen LogP contribution in [-0.2, 0) is 0 Å². The molecule has 0 aliphatic heterocycles. The van der Waals surface area contributed by atoms with Crippen molar-refractivity contribution in [1.82, 2.24) is 14.6 Å². The monoisotopic (exact) mass is 209 g/mol. The number of pyridine rings is 1. The van der Waals surface area contributed by atoms with E-state index < -0.39 is 5.82 Å². The van der Waals surface area contributed by atoms with E-state index in [-0.39, 0.29) is 11.3 Å². The molecule has 2 heterocycles. The lowest BCUT2D eigenvalue weighted by molar-refractivity contribution is 0.104. The Kier molecular flexibility index (Phi) is 2.28. The molecule has 0 saturated heterocycles. The molecule has 70 valence electrons. The summed E-state index contributed by atoms with van der Waals surface area (Å²) in [4.78, 5) is 15.5. The van der Waals surface area contributed by atoms with E-state index in [1.807, 2.05) is 0 Å². The lowest BCUT2D eigenvalue weighted by Gasteiger charge is -1.95. The quantitative estimate of drug-likeness (QED) is 0.699. The summed E-state index contributed by atoms with van der Waals surface area (Å²) in [5.74, 6) is -0.847. The van der Waals surface area contributed by atoms with E-state index >= 15 is 0 Å². The number of aromatic nitrogens is 3. The van der Waals surface area contributed by atoms with E-state index in [1.54, 1.807) is 0 Å².